The van der Waals surface area contributed by atoms with Crippen LogP contribution in [0.4, 0.5) is 15.3 Å². The van der Waals surface area contributed by atoms with Gasteiger partial charge in [0.2, 0.25) is 11.8 Å². The first-order chi connectivity index (χ1) is 10.6. The molecular weight excluding hydrogens is 290 g/mol. The molecule has 0 atom stereocenters. The molecule has 1 fully saturated rings. The van der Waals surface area contributed by atoms with Gasteiger partial charge in [-0.1, -0.05) is 0 Å². The van der Waals surface area contributed by atoms with Gasteiger partial charge < -0.3 is 30.3 Å². The van der Waals surface area contributed by atoms with Crippen LogP contribution < -0.4 is 25.4 Å². The largest absolute Gasteiger partial charge is 0.481 e. The van der Waals surface area contributed by atoms with Gasteiger partial charge in [-0.05, 0) is 6.07 Å². The predicted octanol–water partition coefficient (Wildman–Crippen LogP) is 0.246. The van der Waals surface area contributed by atoms with Crippen molar-refractivity contribution in [1.29, 1.82) is 0 Å². The van der Waals surface area contributed by atoms with E-state index in [0.29, 0.717) is 37.7 Å². The smallest absolute Gasteiger partial charge is 0.319 e. The molecule has 4 amide bonds. The van der Waals surface area contributed by atoms with Crippen LogP contribution in [-0.4, -0.2) is 62.3 Å². The first-order valence-corrected chi connectivity index (χ1v) is 6.80. The highest BCUT2D eigenvalue weighted by Crippen LogP contribution is 2.24. The lowest BCUT2D eigenvalue weighted by atomic mass is 10.4. The standard InChI is InChI=1S/C13H19N5O4/c1-21-10-4-3-9(11(17-10)22-2)16-12(19)14-5-7-18-8-6-15-13(18)20/h3-4H,5-8H2,1-2H3,(H,15,20)(H2,14,16,19). The number of anilines is 1. The number of rotatable bonds is 6. The second-order valence-corrected chi connectivity index (χ2v) is 4.51. The minimum Gasteiger partial charge on any atom is -0.481 e. The van der Waals surface area contributed by atoms with E-state index in [1.165, 1.54) is 14.2 Å². The van der Waals surface area contributed by atoms with E-state index in [2.05, 4.69) is 20.9 Å². The topological polar surface area (TPSA) is 105 Å². The van der Waals surface area contributed by atoms with Crippen molar-refractivity contribution in [2.45, 2.75) is 0 Å². The summed E-state index contributed by atoms with van der Waals surface area (Å²) >= 11 is 0. The highest BCUT2D eigenvalue weighted by atomic mass is 16.5. The Hall–Kier alpha value is -2.71. The number of hydrogen-bond acceptors (Lipinski definition) is 5. The van der Waals surface area contributed by atoms with Gasteiger partial charge in [-0.25, -0.2) is 9.59 Å². The molecule has 0 unspecified atom stereocenters. The van der Waals surface area contributed by atoms with E-state index in [4.69, 9.17) is 9.47 Å². The van der Waals surface area contributed by atoms with Crippen molar-refractivity contribution in [2.24, 2.45) is 0 Å². The van der Waals surface area contributed by atoms with Gasteiger partial charge in [-0.2, -0.15) is 4.98 Å². The van der Waals surface area contributed by atoms with Gasteiger partial charge in [-0.3, -0.25) is 0 Å². The minimum absolute atomic E-state index is 0.108. The molecule has 2 rings (SSSR count). The van der Waals surface area contributed by atoms with E-state index in [1.54, 1.807) is 17.0 Å². The highest BCUT2D eigenvalue weighted by Gasteiger charge is 2.18. The van der Waals surface area contributed by atoms with Crippen molar-refractivity contribution in [3.63, 3.8) is 0 Å². The van der Waals surface area contributed by atoms with Crippen molar-refractivity contribution < 1.29 is 19.1 Å². The SMILES string of the molecule is COc1ccc(NC(=O)NCCN2CCNC2=O)c(OC)n1. The summed E-state index contributed by atoms with van der Waals surface area (Å²) in [4.78, 5) is 28.9. The van der Waals surface area contributed by atoms with Crippen LogP contribution >= 0.6 is 0 Å². The summed E-state index contributed by atoms with van der Waals surface area (Å²) in [7, 11) is 2.95. The van der Waals surface area contributed by atoms with Crippen LogP contribution in [0.5, 0.6) is 11.8 Å². The molecule has 0 saturated carbocycles. The summed E-state index contributed by atoms with van der Waals surface area (Å²) in [5.41, 5.74) is 0.430. The maximum absolute atomic E-state index is 11.8. The number of carbonyl (C=O) groups excluding carboxylic acids is 2. The lowest BCUT2D eigenvalue weighted by molar-refractivity contribution is 0.216. The van der Waals surface area contributed by atoms with Crippen LogP contribution in [0.1, 0.15) is 0 Å². The minimum atomic E-state index is -0.398. The van der Waals surface area contributed by atoms with Crippen molar-refractivity contribution in [1.82, 2.24) is 20.5 Å². The van der Waals surface area contributed by atoms with Crippen LogP contribution in [0.3, 0.4) is 0 Å². The summed E-state index contributed by atoms with van der Waals surface area (Å²) in [5, 5.41) is 8.00. The van der Waals surface area contributed by atoms with Crippen LogP contribution in [0, 0.1) is 0 Å². The molecule has 1 aliphatic heterocycles. The Morgan fingerprint density at radius 2 is 2.23 bits per heavy atom. The zero-order chi connectivity index (χ0) is 15.9. The third kappa shape index (κ3) is 3.90. The van der Waals surface area contributed by atoms with Gasteiger partial charge in [0, 0.05) is 32.2 Å². The second-order valence-electron chi connectivity index (χ2n) is 4.51. The number of nitrogens with one attached hydrogen (secondary N) is 3. The summed E-state index contributed by atoms with van der Waals surface area (Å²) in [6, 6.07) is 2.75. The molecule has 3 N–H and O–H groups in total. The molecular formula is C13H19N5O4. The highest BCUT2D eigenvalue weighted by molar-refractivity contribution is 5.90. The fourth-order valence-electron chi connectivity index (χ4n) is 1.98. The Balaban J connectivity index is 1.82. The number of urea groups is 2. The van der Waals surface area contributed by atoms with Crippen molar-refractivity contribution in [2.75, 3.05) is 45.7 Å². The number of hydrogen-bond donors (Lipinski definition) is 3. The van der Waals surface area contributed by atoms with Gasteiger partial charge in [0.15, 0.2) is 0 Å². The molecule has 0 aromatic carbocycles. The first-order valence-electron chi connectivity index (χ1n) is 6.80. The number of ether oxygens (including phenoxy) is 2. The van der Waals surface area contributed by atoms with E-state index >= 15 is 0 Å². The lowest BCUT2D eigenvalue weighted by Gasteiger charge is -2.15. The Morgan fingerprint density at radius 1 is 1.41 bits per heavy atom. The molecule has 9 nitrogen and oxygen atoms in total. The lowest BCUT2D eigenvalue weighted by Crippen LogP contribution is -2.38. The van der Waals surface area contributed by atoms with Gasteiger partial charge >= 0.3 is 12.1 Å². The van der Waals surface area contributed by atoms with E-state index in [1.807, 2.05) is 0 Å². The zero-order valence-corrected chi connectivity index (χ0v) is 12.5. The van der Waals surface area contributed by atoms with E-state index < -0.39 is 6.03 Å². The van der Waals surface area contributed by atoms with Crippen molar-refractivity contribution >= 4 is 17.7 Å². The van der Waals surface area contributed by atoms with Crippen molar-refractivity contribution in [3.8, 4) is 11.8 Å². The molecule has 0 spiro atoms. The quantitative estimate of drug-likeness (QED) is 0.698. The normalized spacial score (nSPS) is 13.5. The van der Waals surface area contributed by atoms with Crippen LogP contribution in [0.25, 0.3) is 0 Å². The fourth-order valence-corrected chi connectivity index (χ4v) is 1.98. The van der Waals surface area contributed by atoms with Crippen LogP contribution in [0.15, 0.2) is 12.1 Å². The van der Waals surface area contributed by atoms with Gasteiger partial charge in [0.1, 0.15) is 5.69 Å². The number of amides is 4. The Bertz CT molecular complexity index is 551. The second kappa shape index (κ2) is 7.34. The molecule has 1 aromatic heterocycles. The molecule has 1 aromatic rings. The predicted molar refractivity (Wildman–Crippen MR) is 79.3 cm³/mol. The summed E-state index contributed by atoms with van der Waals surface area (Å²) < 4.78 is 10.1. The van der Waals surface area contributed by atoms with Crippen LogP contribution in [-0.2, 0) is 0 Å². The Kier molecular flexibility index (Phi) is 5.23. The van der Waals surface area contributed by atoms with Gasteiger partial charge in [0.05, 0.1) is 14.2 Å². The molecule has 0 radical (unpaired) electrons. The molecule has 120 valence electrons. The third-order valence-electron chi connectivity index (χ3n) is 3.10. The average molecular weight is 309 g/mol. The number of methoxy groups -OCH3 is 2. The fraction of sp³-hybridized carbons (Fsp3) is 0.462. The number of carbonyl (C=O) groups is 2. The monoisotopic (exact) mass is 309 g/mol. The first kappa shape index (κ1) is 15.7. The van der Waals surface area contributed by atoms with E-state index in [9.17, 15) is 9.59 Å². The molecule has 2 heterocycles. The number of pyridine rings is 1. The number of aromatic nitrogens is 1. The molecule has 0 bridgehead atoms. The van der Waals surface area contributed by atoms with Gasteiger partial charge in [-0.15, -0.1) is 0 Å². The maximum atomic E-state index is 11.8. The Labute approximate surface area is 128 Å². The summed E-state index contributed by atoms with van der Waals surface area (Å²) in [5.74, 6) is 0.649. The average Bonchev–Trinajstić information content (AvgIpc) is 2.93. The maximum Gasteiger partial charge on any atom is 0.319 e. The number of nitrogens with zero attached hydrogens (tertiary/aromatic N) is 2. The summed E-state index contributed by atoms with van der Waals surface area (Å²) in [6.45, 7) is 2.10. The third-order valence-corrected chi connectivity index (χ3v) is 3.10. The Morgan fingerprint density at radius 3 is 2.86 bits per heavy atom. The molecule has 1 aliphatic rings. The molecule has 1 saturated heterocycles. The van der Waals surface area contributed by atoms with Gasteiger partial charge in [0.25, 0.3) is 0 Å². The van der Waals surface area contributed by atoms with Crippen LogP contribution in [0.2, 0.25) is 0 Å². The van der Waals surface area contributed by atoms with E-state index in [0.717, 1.165) is 0 Å². The molecule has 0 aliphatic carbocycles. The van der Waals surface area contributed by atoms with E-state index in [-0.39, 0.29) is 11.9 Å². The zero-order valence-electron chi connectivity index (χ0n) is 12.5. The molecule has 22 heavy (non-hydrogen) atoms. The van der Waals surface area contributed by atoms with Crippen molar-refractivity contribution in [3.05, 3.63) is 12.1 Å². The molecule has 9 heteroatoms. The summed E-state index contributed by atoms with van der Waals surface area (Å²) in [6.07, 6.45) is 0.